The van der Waals surface area contributed by atoms with Gasteiger partial charge in [0, 0.05) is 13.1 Å². The van der Waals surface area contributed by atoms with Gasteiger partial charge in [-0.2, -0.15) is 0 Å². The lowest BCUT2D eigenvalue weighted by molar-refractivity contribution is 0.239. The minimum atomic E-state index is -0.244. The molecular formula is C20H23N5O2. The van der Waals surface area contributed by atoms with E-state index in [4.69, 9.17) is 4.74 Å². The van der Waals surface area contributed by atoms with E-state index >= 15 is 0 Å². The average Bonchev–Trinajstić information content (AvgIpc) is 3.18. The molecule has 0 radical (unpaired) electrons. The molecule has 3 aromatic rings. The van der Waals surface area contributed by atoms with Gasteiger partial charge in [0.2, 0.25) is 0 Å². The fourth-order valence-electron chi connectivity index (χ4n) is 2.60. The van der Waals surface area contributed by atoms with Crippen LogP contribution in [0.1, 0.15) is 23.9 Å². The number of aryl methyl sites for hydroxylation is 1. The number of amides is 2. The third-order valence-corrected chi connectivity index (χ3v) is 4.04. The summed E-state index contributed by atoms with van der Waals surface area (Å²) >= 11 is 0. The zero-order valence-electron chi connectivity index (χ0n) is 15.3. The molecule has 2 amide bonds. The normalized spacial score (nSPS) is 10.4. The summed E-state index contributed by atoms with van der Waals surface area (Å²) in [5.41, 5.74) is 2.06. The van der Waals surface area contributed by atoms with Gasteiger partial charge in [-0.1, -0.05) is 42.5 Å². The lowest BCUT2D eigenvalue weighted by Gasteiger charge is -2.10. The highest BCUT2D eigenvalue weighted by atomic mass is 16.5. The molecule has 0 saturated heterocycles. The van der Waals surface area contributed by atoms with E-state index in [9.17, 15) is 4.79 Å². The van der Waals surface area contributed by atoms with E-state index < -0.39 is 0 Å². The van der Waals surface area contributed by atoms with Crippen molar-refractivity contribution >= 4 is 6.03 Å². The van der Waals surface area contributed by atoms with Crippen LogP contribution in [0, 0.1) is 0 Å². The van der Waals surface area contributed by atoms with Gasteiger partial charge in [0.1, 0.15) is 18.7 Å². The number of benzene rings is 2. The summed E-state index contributed by atoms with van der Waals surface area (Å²) in [5.74, 6) is 1.56. The van der Waals surface area contributed by atoms with Crippen molar-refractivity contribution < 1.29 is 9.53 Å². The Hall–Kier alpha value is -3.35. The second kappa shape index (κ2) is 9.38. The molecule has 0 atom stereocenters. The van der Waals surface area contributed by atoms with E-state index in [0.717, 1.165) is 29.2 Å². The molecule has 0 unspecified atom stereocenters. The van der Waals surface area contributed by atoms with Gasteiger partial charge in [0.05, 0.1) is 6.54 Å². The number of rotatable bonds is 8. The first-order chi connectivity index (χ1) is 13.2. The van der Waals surface area contributed by atoms with Crippen molar-refractivity contribution in [3.63, 3.8) is 0 Å². The molecule has 0 spiro atoms. The Bertz CT molecular complexity index is 864. The van der Waals surface area contributed by atoms with Gasteiger partial charge in [-0.3, -0.25) is 0 Å². The quantitative estimate of drug-likeness (QED) is 0.643. The number of urea groups is 1. The number of nitrogens with zero attached hydrogens (tertiary/aromatic N) is 3. The number of aromatic nitrogens is 3. The molecular weight excluding hydrogens is 342 g/mol. The van der Waals surface area contributed by atoms with Crippen LogP contribution in [-0.2, 0) is 26.2 Å². The average molecular weight is 365 g/mol. The summed E-state index contributed by atoms with van der Waals surface area (Å²) in [4.78, 5) is 12.0. The Labute approximate surface area is 158 Å². The number of para-hydroxylation sites is 1. The van der Waals surface area contributed by atoms with Crippen molar-refractivity contribution in [1.29, 1.82) is 0 Å². The van der Waals surface area contributed by atoms with Gasteiger partial charge in [-0.05, 0) is 30.2 Å². The second-order valence-corrected chi connectivity index (χ2v) is 5.99. The molecule has 0 aliphatic heterocycles. The SMILES string of the molecule is CCn1cnnc1CNC(=O)NCc1cccc(COc2ccccc2)c1. The summed E-state index contributed by atoms with van der Waals surface area (Å²) < 4.78 is 7.64. The van der Waals surface area contributed by atoms with E-state index in [1.54, 1.807) is 6.33 Å². The van der Waals surface area contributed by atoms with Crippen molar-refractivity contribution in [2.45, 2.75) is 33.2 Å². The largest absolute Gasteiger partial charge is 0.489 e. The van der Waals surface area contributed by atoms with Crippen molar-refractivity contribution in [3.05, 3.63) is 77.9 Å². The van der Waals surface area contributed by atoms with Crippen LogP contribution in [0.3, 0.4) is 0 Å². The molecule has 0 bridgehead atoms. The Kier molecular flexibility index (Phi) is 6.40. The highest BCUT2D eigenvalue weighted by Crippen LogP contribution is 2.12. The number of nitrogens with one attached hydrogen (secondary N) is 2. The Morgan fingerprint density at radius 3 is 2.63 bits per heavy atom. The molecule has 2 N–H and O–H groups in total. The summed E-state index contributed by atoms with van der Waals surface area (Å²) in [6, 6.07) is 17.4. The van der Waals surface area contributed by atoms with Gasteiger partial charge in [-0.25, -0.2) is 4.79 Å². The maximum Gasteiger partial charge on any atom is 0.315 e. The van der Waals surface area contributed by atoms with Crippen LogP contribution >= 0.6 is 0 Å². The van der Waals surface area contributed by atoms with Gasteiger partial charge >= 0.3 is 6.03 Å². The van der Waals surface area contributed by atoms with Gasteiger partial charge < -0.3 is 19.9 Å². The summed E-state index contributed by atoms with van der Waals surface area (Å²) in [6.07, 6.45) is 1.65. The fourth-order valence-corrected chi connectivity index (χ4v) is 2.60. The Morgan fingerprint density at radius 2 is 1.81 bits per heavy atom. The highest BCUT2D eigenvalue weighted by Gasteiger charge is 2.06. The highest BCUT2D eigenvalue weighted by molar-refractivity contribution is 5.73. The molecule has 1 heterocycles. The van der Waals surface area contributed by atoms with E-state index in [2.05, 4.69) is 20.8 Å². The van der Waals surface area contributed by atoms with Crippen molar-refractivity contribution in [2.24, 2.45) is 0 Å². The van der Waals surface area contributed by atoms with Crippen molar-refractivity contribution in [1.82, 2.24) is 25.4 Å². The van der Waals surface area contributed by atoms with Crippen LogP contribution < -0.4 is 15.4 Å². The summed E-state index contributed by atoms with van der Waals surface area (Å²) in [6.45, 7) is 4.03. The molecule has 7 heteroatoms. The van der Waals surface area contributed by atoms with Crippen LogP contribution in [0.5, 0.6) is 5.75 Å². The van der Waals surface area contributed by atoms with Gasteiger partial charge in [-0.15, -0.1) is 10.2 Å². The molecule has 27 heavy (non-hydrogen) atoms. The van der Waals surface area contributed by atoms with Gasteiger partial charge in [0.15, 0.2) is 5.82 Å². The monoisotopic (exact) mass is 365 g/mol. The number of carbonyl (C=O) groups excluding carboxylic acids is 1. The molecule has 140 valence electrons. The molecule has 0 aliphatic carbocycles. The molecule has 0 saturated carbocycles. The van der Waals surface area contributed by atoms with Crippen LogP contribution in [0.4, 0.5) is 4.79 Å². The van der Waals surface area contributed by atoms with Crippen molar-refractivity contribution in [2.75, 3.05) is 0 Å². The minimum Gasteiger partial charge on any atom is -0.489 e. The number of ether oxygens (including phenoxy) is 1. The zero-order valence-corrected chi connectivity index (χ0v) is 15.3. The lowest BCUT2D eigenvalue weighted by Crippen LogP contribution is -2.35. The van der Waals surface area contributed by atoms with Crippen LogP contribution in [-0.4, -0.2) is 20.8 Å². The molecule has 3 rings (SSSR count). The first-order valence-corrected chi connectivity index (χ1v) is 8.88. The Morgan fingerprint density at radius 1 is 1.04 bits per heavy atom. The van der Waals surface area contributed by atoms with E-state index in [1.165, 1.54) is 0 Å². The predicted molar refractivity (Wildman–Crippen MR) is 102 cm³/mol. The maximum absolute atomic E-state index is 12.0. The predicted octanol–water partition coefficient (Wildman–Crippen LogP) is 2.88. The number of hydrogen-bond donors (Lipinski definition) is 2. The minimum absolute atomic E-state index is 0.244. The zero-order chi connectivity index (χ0) is 18.9. The Balaban J connectivity index is 1.45. The third kappa shape index (κ3) is 5.57. The molecule has 1 aromatic heterocycles. The summed E-state index contributed by atoms with van der Waals surface area (Å²) in [7, 11) is 0. The van der Waals surface area contributed by atoms with Crippen LogP contribution in [0.25, 0.3) is 0 Å². The fraction of sp³-hybridized carbons (Fsp3) is 0.250. The maximum atomic E-state index is 12.0. The van der Waals surface area contributed by atoms with Crippen molar-refractivity contribution in [3.8, 4) is 5.75 Å². The molecule has 7 nitrogen and oxygen atoms in total. The van der Waals surface area contributed by atoms with E-state index in [-0.39, 0.29) is 6.03 Å². The van der Waals surface area contributed by atoms with Crippen LogP contribution in [0.2, 0.25) is 0 Å². The smallest absolute Gasteiger partial charge is 0.315 e. The van der Waals surface area contributed by atoms with Gasteiger partial charge in [0.25, 0.3) is 0 Å². The first-order valence-electron chi connectivity index (χ1n) is 8.88. The van der Waals surface area contributed by atoms with E-state index in [0.29, 0.717) is 19.7 Å². The molecule has 0 fully saturated rings. The van der Waals surface area contributed by atoms with Crippen LogP contribution in [0.15, 0.2) is 60.9 Å². The lowest BCUT2D eigenvalue weighted by atomic mass is 10.1. The first kappa shape index (κ1) is 18.4. The number of hydrogen-bond acceptors (Lipinski definition) is 4. The van der Waals surface area contributed by atoms with E-state index in [1.807, 2.05) is 66.1 Å². The molecule has 0 aliphatic rings. The second-order valence-electron chi connectivity index (χ2n) is 5.99. The topological polar surface area (TPSA) is 81.1 Å². The summed E-state index contributed by atoms with van der Waals surface area (Å²) in [5, 5.41) is 13.5. The number of carbonyl (C=O) groups is 1. The standard InChI is InChI=1S/C20H23N5O2/c1-2-25-15-23-24-19(25)13-22-20(26)21-12-16-7-6-8-17(11-16)14-27-18-9-4-3-5-10-18/h3-11,15H,2,12-14H2,1H3,(H2,21,22,26). The third-order valence-electron chi connectivity index (χ3n) is 4.04. The molecule has 2 aromatic carbocycles.